The molecule has 81 valence electrons. The van der Waals surface area contributed by atoms with Crippen LogP contribution in [0.4, 0.5) is 0 Å². The lowest BCUT2D eigenvalue weighted by atomic mass is 9.90. The molecule has 0 aromatic rings. The Morgan fingerprint density at radius 3 is 2.50 bits per heavy atom. The summed E-state index contributed by atoms with van der Waals surface area (Å²) in [7, 11) is 0. The standard InChI is InChI=1S/C12H23N2/c1(2-4-12-9-14-10-12)3-11-5-7-13-8-6-11/h3,11-14H,1-2,4-10H2. The lowest BCUT2D eigenvalue weighted by Crippen LogP contribution is -2.41. The van der Waals surface area contributed by atoms with Crippen molar-refractivity contribution in [1.29, 1.82) is 0 Å². The Hall–Kier alpha value is -0.0800. The van der Waals surface area contributed by atoms with Crippen molar-refractivity contribution >= 4 is 0 Å². The van der Waals surface area contributed by atoms with Crippen LogP contribution in [0.3, 0.4) is 0 Å². The van der Waals surface area contributed by atoms with E-state index >= 15 is 0 Å². The molecule has 0 amide bonds. The molecule has 2 N–H and O–H groups in total. The smallest absolute Gasteiger partial charge is 0.000826 e. The molecule has 2 aliphatic rings. The fourth-order valence-electron chi connectivity index (χ4n) is 2.39. The molecule has 2 heteroatoms. The molecule has 0 saturated carbocycles. The molecule has 0 aliphatic carbocycles. The minimum Gasteiger partial charge on any atom is -0.317 e. The predicted molar refractivity (Wildman–Crippen MR) is 60.1 cm³/mol. The second-order valence-electron chi connectivity index (χ2n) is 4.78. The third kappa shape index (κ3) is 3.25. The average Bonchev–Trinajstić information content (AvgIpc) is 2.16. The average molecular weight is 195 g/mol. The van der Waals surface area contributed by atoms with E-state index in [-0.39, 0.29) is 0 Å². The summed E-state index contributed by atoms with van der Waals surface area (Å²) in [5, 5.41) is 6.75. The Morgan fingerprint density at radius 2 is 1.86 bits per heavy atom. The topological polar surface area (TPSA) is 24.1 Å². The first-order valence-corrected chi connectivity index (χ1v) is 6.20. The summed E-state index contributed by atoms with van der Waals surface area (Å²) < 4.78 is 0. The van der Waals surface area contributed by atoms with Gasteiger partial charge in [-0.3, -0.25) is 0 Å². The van der Waals surface area contributed by atoms with Crippen LogP contribution in [0.15, 0.2) is 0 Å². The summed E-state index contributed by atoms with van der Waals surface area (Å²) in [4.78, 5) is 0. The van der Waals surface area contributed by atoms with Crippen LogP contribution in [-0.4, -0.2) is 26.2 Å². The molecule has 0 bridgehead atoms. The van der Waals surface area contributed by atoms with Crippen LogP contribution in [0, 0.1) is 18.3 Å². The molecule has 2 rings (SSSR count). The predicted octanol–water partition coefficient (Wildman–Crippen LogP) is 1.58. The van der Waals surface area contributed by atoms with Crippen LogP contribution in [0.2, 0.25) is 0 Å². The number of rotatable bonds is 5. The lowest BCUT2D eigenvalue weighted by Gasteiger charge is -2.27. The fourth-order valence-corrected chi connectivity index (χ4v) is 2.39. The fraction of sp³-hybridized carbons (Fsp3) is 0.917. The maximum atomic E-state index is 3.41. The molecule has 2 heterocycles. The van der Waals surface area contributed by atoms with Gasteiger partial charge in [-0.05, 0) is 70.1 Å². The van der Waals surface area contributed by atoms with Gasteiger partial charge >= 0.3 is 0 Å². The van der Waals surface area contributed by atoms with Crippen LogP contribution in [0.25, 0.3) is 0 Å². The maximum Gasteiger partial charge on any atom is -0.000826 e. The highest BCUT2D eigenvalue weighted by atomic mass is 14.9. The summed E-state index contributed by atoms with van der Waals surface area (Å²) in [6.45, 7) is 5.00. The zero-order valence-electron chi connectivity index (χ0n) is 9.10. The molecular weight excluding hydrogens is 172 g/mol. The first kappa shape index (κ1) is 10.4. The van der Waals surface area contributed by atoms with Gasteiger partial charge in [0.05, 0.1) is 0 Å². The van der Waals surface area contributed by atoms with Crippen molar-refractivity contribution in [1.82, 2.24) is 10.6 Å². The monoisotopic (exact) mass is 195 g/mol. The Balaban J connectivity index is 1.45. The number of unbranched alkanes of at least 4 members (excludes halogenated alkanes) is 1. The zero-order chi connectivity index (χ0) is 9.64. The Kier molecular flexibility index (Phi) is 4.26. The van der Waals surface area contributed by atoms with Crippen molar-refractivity contribution in [3.05, 3.63) is 6.42 Å². The molecular formula is C12H23N2. The summed E-state index contributed by atoms with van der Waals surface area (Å²) in [6, 6.07) is 0. The van der Waals surface area contributed by atoms with E-state index in [4.69, 9.17) is 0 Å². The van der Waals surface area contributed by atoms with Gasteiger partial charge in [-0.25, -0.2) is 0 Å². The van der Waals surface area contributed by atoms with E-state index in [1.807, 2.05) is 0 Å². The molecule has 1 radical (unpaired) electrons. The van der Waals surface area contributed by atoms with E-state index in [1.54, 1.807) is 0 Å². The first-order valence-electron chi connectivity index (χ1n) is 6.20. The van der Waals surface area contributed by atoms with Crippen LogP contribution in [0.1, 0.15) is 32.1 Å². The highest BCUT2D eigenvalue weighted by Crippen LogP contribution is 2.20. The molecule has 0 spiro atoms. The van der Waals surface area contributed by atoms with Gasteiger partial charge in [0.25, 0.3) is 0 Å². The van der Waals surface area contributed by atoms with Crippen molar-refractivity contribution in [2.24, 2.45) is 11.8 Å². The third-order valence-electron chi connectivity index (χ3n) is 3.57. The van der Waals surface area contributed by atoms with Gasteiger partial charge in [0.1, 0.15) is 0 Å². The summed E-state index contributed by atoms with van der Waals surface area (Å²) in [5.74, 6) is 1.91. The van der Waals surface area contributed by atoms with E-state index in [9.17, 15) is 0 Å². The SMILES string of the molecule is [CH](CCCC1CNC1)C1CCNCC1. The summed E-state index contributed by atoms with van der Waals surface area (Å²) in [5.41, 5.74) is 0. The maximum absolute atomic E-state index is 3.41. The van der Waals surface area contributed by atoms with Gasteiger partial charge in [-0.2, -0.15) is 0 Å². The number of hydrogen-bond acceptors (Lipinski definition) is 2. The minimum atomic E-state index is 0.913. The van der Waals surface area contributed by atoms with Gasteiger partial charge in [-0.1, -0.05) is 6.42 Å². The molecule has 0 unspecified atom stereocenters. The second-order valence-corrected chi connectivity index (χ2v) is 4.78. The van der Waals surface area contributed by atoms with Crippen LogP contribution in [-0.2, 0) is 0 Å². The van der Waals surface area contributed by atoms with Crippen molar-refractivity contribution in [2.75, 3.05) is 26.2 Å². The Labute approximate surface area is 87.8 Å². The van der Waals surface area contributed by atoms with E-state index in [0.29, 0.717) is 0 Å². The number of nitrogens with one attached hydrogen (secondary N) is 2. The number of hydrogen-bond donors (Lipinski definition) is 2. The van der Waals surface area contributed by atoms with E-state index < -0.39 is 0 Å². The Morgan fingerprint density at radius 1 is 1.07 bits per heavy atom. The highest BCUT2D eigenvalue weighted by Gasteiger charge is 2.16. The van der Waals surface area contributed by atoms with Crippen LogP contribution in [0.5, 0.6) is 0 Å². The zero-order valence-corrected chi connectivity index (χ0v) is 9.10. The molecule has 2 nitrogen and oxygen atoms in total. The summed E-state index contributed by atoms with van der Waals surface area (Å²) >= 11 is 0. The molecule has 14 heavy (non-hydrogen) atoms. The van der Waals surface area contributed by atoms with E-state index in [0.717, 1.165) is 11.8 Å². The Bertz CT molecular complexity index is 148. The van der Waals surface area contributed by atoms with E-state index in [1.165, 1.54) is 58.3 Å². The normalized spacial score (nSPS) is 24.9. The van der Waals surface area contributed by atoms with Gasteiger partial charge in [0.2, 0.25) is 0 Å². The van der Waals surface area contributed by atoms with E-state index in [2.05, 4.69) is 17.1 Å². The van der Waals surface area contributed by atoms with Crippen molar-refractivity contribution in [3.63, 3.8) is 0 Å². The van der Waals surface area contributed by atoms with Gasteiger partial charge in [0, 0.05) is 0 Å². The largest absolute Gasteiger partial charge is 0.317 e. The van der Waals surface area contributed by atoms with Crippen molar-refractivity contribution in [3.8, 4) is 0 Å². The molecule has 2 saturated heterocycles. The van der Waals surface area contributed by atoms with Crippen molar-refractivity contribution < 1.29 is 0 Å². The van der Waals surface area contributed by atoms with Gasteiger partial charge < -0.3 is 10.6 Å². The lowest BCUT2D eigenvalue weighted by molar-refractivity contribution is 0.316. The van der Waals surface area contributed by atoms with Gasteiger partial charge in [0.15, 0.2) is 0 Å². The quantitative estimate of drug-likeness (QED) is 0.651. The number of piperidine rings is 1. The summed E-state index contributed by atoms with van der Waals surface area (Å²) in [6.07, 6.45) is 9.51. The second kappa shape index (κ2) is 5.72. The molecule has 0 aromatic heterocycles. The molecule has 0 atom stereocenters. The minimum absolute atomic E-state index is 0.913. The van der Waals surface area contributed by atoms with Crippen LogP contribution >= 0.6 is 0 Å². The highest BCUT2D eigenvalue weighted by molar-refractivity contribution is 4.82. The molecule has 2 aliphatic heterocycles. The van der Waals surface area contributed by atoms with Gasteiger partial charge in [-0.15, -0.1) is 0 Å². The third-order valence-corrected chi connectivity index (χ3v) is 3.57. The molecule has 0 aromatic carbocycles. The molecule has 2 fully saturated rings. The van der Waals surface area contributed by atoms with Crippen LogP contribution < -0.4 is 10.6 Å². The van der Waals surface area contributed by atoms with Crippen molar-refractivity contribution in [2.45, 2.75) is 32.1 Å². The first-order chi connectivity index (χ1) is 6.95.